The number of carbonyl (C=O) groups is 1. The molecule has 112 valence electrons. The van der Waals surface area contributed by atoms with Gasteiger partial charge < -0.3 is 10.1 Å². The van der Waals surface area contributed by atoms with Crippen molar-refractivity contribution in [3.8, 4) is 0 Å². The van der Waals surface area contributed by atoms with Crippen LogP contribution in [0.4, 0.5) is 0 Å². The Morgan fingerprint density at radius 1 is 1.38 bits per heavy atom. The molecule has 1 aromatic carbocycles. The van der Waals surface area contributed by atoms with E-state index in [1.807, 2.05) is 18.2 Å². The Morgan fingerprint density at radius 3 is 3.00 bits per heavy atom. The number of benzene rings is 1. The van der Waals surface area contributed by atoms with Crippen molar-refractivity contribution in [1.82, 2.24) is 14.5 Å². The summed E-state index contributed by atoms with van der Waals surface area (Å²) in [6.07, 6.45) is 1.33. The number of nitrogens with one attached hydrogen (secondary N) is 1. The Kier molecular flexibility index (Phi) is 3.86. The first kappa shape index (κ1) is 14.3. The molecule has 0 saturated carbocycles. The fourth-order valence-electron chi connectivity index (χ4n) is 2.76. The molecule has 1 atom stereocenters. The molecule has 2 aromatic rings. The van der Waals surface area contributed by atoms with Crippen LogP contribution in [0.2, 0.25) is 0 Å². The van der Waals surface area contributed by atoms with E-state index in [9.17, 15) is 9.59 Å². The molecule has 7 heteroatoms. The summed E-state index contributed by atoms with van der Waals surface area (Å²) in [5.41, 5.74) is 1.38. The second-order valence-corrected chi connectivity index (χ2v) is 5.93. The molecule has 21 heavy (non-hydrogen) atoms. The van der Waals surface area contributed by atoms with Crippen LogP contribution in [-0.2, 0) is 16.6 Å². The van der Waals surface area contributed by atoms with Gasteiger partial charge in [0, 0.05) is 18.1 Å². The van der Waals surface area contributed by atoms with Crippen molar-refractivity contribution < 1.29 is 9.53 Å². The third-order valence-electron chi connectivity index (χ3n) is 3.78. The number of ether oxygens (including phenoxy) is 1. The van der Waals surface area contributed by atoms with Gasteiger partial charge in [-0.05, 0) is 40.9 Å². The molecular weight excluding hydrogens is 338 g/mol. The van der Waals surface area contributed by atoms with Gasteiger partial charge in [-0.15, -0.1) is 0 Å². The van der Waals surface area contributed by atoms with Gasteiger partial charge in [0.05, 0.1) is 11.0 Å². The Labute approximate surface area is 129 Å². The normalized spacial score (nSPS) is 20.1. The molecule has 0 bridgehead atoms. The van der Waals surface area contributed by atoms with Crippen molar-refractivity contribution >= 4 is 32.9 Å². The van der Waals surface area contributed by atoms with E-state index in [1.165, 1.54) is 0 Å². The number of rotatable bonds is 1. The lowest BCUT2D eigenvalue weighted by Gasteiger charge is -2.21. The van der Waals surface area contributed by atoms with E-state index in [0.717, 1.165) is 21.9 Å². The van der Waals surface area contributed by atoms with Crippen LogP contribution >= 0.6 is 15.9 Å². The summed E-state index contributed by atoms with van der Waals surface area (Å²) in [5.74, 6) is -0.177. The van der Waals surface area contributed by atoms with Crippen molar-refractivity contribution in [1.29, 1.82) is 0 Å². The first-order valence-corrected chi connectivity index (χ1v) is 7.61. The predicted molar refractivity (Wildman–Crippen MR) is 82.1 cm³/mol. The molecule has 1 aromatic heterocycles. The van der Waals surface area contributed by atoms with Crippen LogP contribution in [0.3, 0.4) is 0 Å². The number of imidazole rings is 1. The van der Waals surface area contributed by atoms with Crippen LogP contribution in [0, 0.1) is 0 Å². The quantitative estimate of drug-likeness (QED) is 0.845. The fraction of sp³-hybridized carbons (Fsp3) is 0.429. The molecule has 1 aliphatic heterocycles. The second kappa shape index (κ2) is 5.65. The molecule has 0 aliphatic carbocycles. The third kappa shape index (κ3) is 2.40. The summed E-state index contributed by atoms with van der Waals surface area (Å²) in [5, 5.41) is 2.71. The molecular formula is C14H16BrN3O3. The lowest BCUT2D eigenvalue weighted by Crippen LogP contribution is -2.39. The number of carbonyl (C=O) groups excluding carboxylic acids is 1. The first-order chi connectivity index (χ1) is 10.1. The molecule has 1 N–H and O–H groups in total. The van der Waals surface area contributed by atoms with Gasteiger partial charge in [-0.2, -0.15) is 0 Å². The molecule has 0 spiro atoms. The summed E-state index contributed by atoms with van der Waals surface area (Å²) in [6.45, 7) is 0.776. The summed E-state index contributed by atoms with van der Waals surface area (Å²) < 4.78 is 9.24. The van der Waals surface area contributed by atoms with Gasteiger partial charge >= 0.3 is 5.69 Å². The maximum atomic E-state index is 12.6. The van der Waals surface area contributed by atoms with Crippen molar-refractivity contribution in [3.63, 3.8) is 0 Å². The smallest absolute Gasteiger partial charge is 0.329 e. The lowest BCUT2D eigenvalue weighted by molar-refractivity contribution is -0.127. The van der Waals surface area contributed by atoms with E-state index in [2.05, 4.69) is 21.2 Å². The zero-order chi connectivity index (χ0) is 15.0. The Morgan fingerprint density at radius 2 is 2.19 bits per heavy atom. The molecule has 1 saturated heterocycles. The summed E-state index contributed by atoms with van der Waals surface area (Å²) in [4.78, 5) is 24.9. The number of aryl methyl sites for hydroxylation is 1. The summed E-state index contributed by atoms with van der Waals surface area (Å²) >= 11 is 3.47. The van der Waals surface area contributed by atoms with Crippen molar-refractivity contribution in [2.45, 2.75) is 18.9 Å². The van der Waals surface area contributed by atoms with Crippen LogP contribution < -0.4 is 11.0 Å². The van der Waals surface area contributed by atoms with Gasteiger partial charge in [0.15, 0.2) is 0 Å². The largest absolute Gasteiger partial charge is 0.361 e. The van der Waals surface area contributed by atoms with E-state index < -0.39 is 6.04 Å². The molecule has 1 fully saturated rings. The highest BCUT2D eigenvalue weighted by molar-refractivity contribution is 9.10. The van der Waals surface area contributed by atoms with Gasteiger partial charge in [0.2, 0.25) is 5.91 Å². The van der Waals surface area contributed by atoms with Crippen molar-refractivity contribution in [2.24, 2.45) is 7.05 Å². The topological polar surface area (TPSA) is 65.3 Å². The standard InChI is InChI=1S/C14H16BrN3O3/c1-17-12-9(15)4-2-5-10(12)18(14(17)20)11-6-3-7-21-8-16-13(11)19/h2,4-5,11H,3,6-8H2,1H3,(H,16,19). The van der Waals surface area contributed by atoms with Gasteiger partial charge in [0.25, 0.3) is 0 Å². The highest BCUT2D eigenvalue weighted by Gasteiger charge is 2.26. The van der Waals surface area contributed by atoms with Crippen LogP contribution in [0.15, 0.2) is 27.5 Å². The SMILES string of the molecule is Cn1c(=O)n(C2CCCOCNC2=O)c2cccc(Br)c21. The molecule has 1 unspecified atom stereocenters. The number of fused-ring (bicyclic) bond motifs is 1. The van der Waals surface area contributed by atoms with Crippen LogP contribution in [0.1, 0.15) is 18.9 Å². The van der Waals surface area contributed by atoms with Crippen molar-refractivity contribution in [3.05, 3.63) is 33.2 Å². The van der Waals surface area contributed by atoms with E-state index >= 15 is 0 Å². The zero-order valence-electron chi connectivity index (χ0n) is 11.6. The third-order valence-corrected chi connectivity index (χ3v) is 4.42. The average molecular weight is 354 g/mol. The van der Waals surface area contributed by atoms with Crippen LogP contribution in [-0.4, -0.2) is 28.4 Å². The number of para-hydroxylation sites is 1. The highest BCUT2D eigenvalue weighted by Crippen LogP contribution is 2.26. The lowest BCUT2D eigenvalue weighted by atomic mass is 10.1. The summed E-state index contributed by atoms with van der Waals surface area (Å²) in [7, 11) is 1.72. The monoisotopic (exact) mass is 353 g/mol. The Bertz CT molecular complexity index is 750. The van der Waals surface area contributed by atoms with Gasteiger partial charge in [-0.3, -0.25) is 13.9 Å². The number of aromatic nitrogens is 2. The molecule has 1 amide bonds. The van der Waals surface area contributed by atoms with E-state index in [0.29, 0.717) is 13.0 Å². The van der Waals surface area contributed by atoms with Gasteiger partial charge in [-0.25, -0.2) is 4.79 Å². The number of hydrogen-bond acceptors (Lipinski definition) is 3. The molecule has 2 heterocycles. The van der Waals surface area contributed by atoms with Gasteiger partial charge in [-0.1, -0.05) is 6.07 Å². The highest BCUT2D eigenvalue weighted by atomic mass is 79.9. The van der Waals surface area contributed by atoms with Gasteiger partial charge in [0.1, 0.15) is 12.8 Å². The Balaban J connectivity index is 2.19. The first-order valence-electron chi connectivity index (χ1n) is 6.82. The minimum atomic E-state index is -0.501. The van der Waals surface area contributed by atoms with E-state index in [-0.39, 0.29) is 18.3 Å². The molecule has 1 aliphatic rings. The Hall–Kier alpha value is -1.60. The molecule has 0 radical (unpaired) electrons. The number of halogens is 1. The maximum absolute atomic E-state index is 12.6. The fourth-order valence-corrected chi connectivity index (χ4v) is 3.38. The van der Waals surface area contributed by atoms with Crippen molar-refractivity contribution in [2.75, 3.05) is 13.3 Å². The number of nitrogens with zero attached hydrogens (tertiary/aromatic N) is 2. The average Bonchev–Trinajstić information content (AvgIpc) is 2.69. The van der Waals surface area contributed by atoms with Crippen LogP contribution in [0.5, 0.6) is 0 Å². The maximum Gasteiger partial charge on any atom is 0.329 e. The minimum Gasteiger partial charge on any atom is -0.361 e. The van der Waals surface area contributed by atoms with E-state index in [4.69, 9.17) is 4.74 Å². The molecule has 3 rings (SSSR count). The predicted octanol–water partition coefficient (Wildman–Crippen LogP) is 1.53. The number of hydrogen-bond donors (Lipinski definition) is 1. The van der Waals surface area contributed by atoms with E-state index in [1.54, 1.807) is 16.2 Å². The zero-order valence-corrected chi connectivity index (χ0v) is 13.2. The molecule has 6 nitrogen and oxygen atoms in total. The number of amides is 1. The van der Waals surface area contributed by atoms with Crippen LogP contribution in [0.25, 0.3) is 11.0 Å². The minimum absolute atomic E-state index is 0.177. The summed E-state index contributed by atoms with van der Waals surface area (Å²) in [6, 6.07) is 5.12. The second-order valence-electron chi connectivity index (χ2n) is 5.07.